The molecule has 10 nitrogen and oxygen atoms in total. The topological polar surface area (TPSA) is 134 Å². The molecule has 0 saturated carbocycles. The third-order valence-corrected chi connectivity index (χ3v) is 8.39. The van der Waals surface area contributed by atoms with Crippen molar-refractivity contribution in [2.75, 3.05) is 26.4 Å². The lowest BCUT2D eigenvalue weighted by atomic mass is 9.94. The zero-order valence-corrected chi connectivity index (χ0v) is 30.7. The van der Waals surface area contributed by atoms with Crippen molar-refractivity contribution in [3.63, 3.8) is 0 Å². The lowest BCUT2D eigenvalue weighted by Gasteiger charge is -2.17. The largest absolute Gasteiger partial charge is 0.468 e. The fraction of sp³-hybridized carbons (Fsp3) is 0.868. The van der Waals surface area contributed by atoms with Crippen LogP contribution in [0.2, 0.25) is 0 Å². The number of amides is 1. The minimum Gasteiger partial charge on any atom is -0.468 e. The Hall–Kier alpha value is -2.65. The van der Waals surface area contributed by atoms with Gasteiger partial charge in [-0.2, -0.15) is 0 Å². The molecule has 0 aliphatic heterocycles. The summed E-state index contributed by atoms with van der Waals surface area (Å²) in [5, 5.41) is 2.69. The van der Waals surface area contributed by atoms with Gasteiger partial charge in [0, 0.05) is 12.8 Å². The summed E-state index contributed by atoms with van der Waals surface area (Å²) in [7, 11) is 0. The average Bonchev–Trinajstić information content (AvgIpc) is 3.07. The van der Waals surface area contributed by atoms with Crippen LogP contribution in [-0.4, -0.2) is 62.8 Å². The smallest absolute Gasteiger partial charge is 0.328 e. The molecule has 0 saturated heterocycles. The molecule has 0 aromatic rings. The highest BCUT2D eigenvalue weighted by atomic mass is 16.5. The highest BCUT2D eigenvalue weighted by molar-refractivity contribution is 5.85. The van der Waals surface area contributed by atoms with E-state index in [-0.39, 0.29) is 50.3 Å². The van der Waals surface area contributed by atoms with Crippen molar-refractivity contribution in [2.45, 2.75) is 181 Å². The quantitative estimate of drug-likeness (QED) is 0.0303. The second-order valence-corrected chi connectivity index (χ2v) is 12.9. The first-order valence-electron chi connectivity index (χ1n) is 19.2. The zero-order chi connectivity index (χ0) is 35.5. The summed E-state index contributed by atoms with van der Waals surface area (Å²) >= 11 is 0. The van der Waals surface area contributed by atoms with Crippen molar-refractivity contribution in [2.24, 2.45) is 5.92 Å². The van der Waals surface area contributed by atoms with E-state index in [0.29, 0.717) is 38.9 Å². The predicted octanol–water partition coefficient (Wildman–Crippen LogP) is 8.31. The maximum absolute atomic E-state index is 12.8. The van der Waals surface area contributed by atoms with Crippen molar-refractivity contribution >= 4 is 30.3 Å². The minimum absolute atomic E-state index is 0.00277. The summed E-state index contributed by atoms with van der Waals surface area (Å²) in [4.78, 5) is 60.1. The van der Waals surface area contributed by atoms with Crippen LogP contribution in [0, 0.1) is 5.92 Å². The van der Waals surface area contributed by atoms with Crippen molar-refractivity contribution in [1.82, 2.24) is 5.32 Å². The molecular formula is C38H69NO9. The van der Waals surface area contributed by atoms with Crippen LogP contribution in [-0.2, 0) is 42.9 Å². The number of rotatable bonds is 35. The molecular weight excluding hydrogens is 614 g/mol. The Balaban J connectivity index is 4.28. The molecule has 2 unspecified atom stereocenters. The molecule has 0 aliphatic rings. The Morgan fingerprint density at radius 1 is 0.521 bits per heavy atom. The van der Waals surface area contributed by atoms with Crippen LogP contribution in [0.25, 0.3) is 0 Å². The first-order valence-corrected chi connectivity index (χ1v) is 19.2. The molecule has 0 heterocycles. The molecule has 1 amide bonds. The standard InChI is InChI=1S/C38H69NO9/c1-4-7-9-11-12-18-25-33(24-17-10-8-5-2)37(43)47-30-21-16-15-20-29-46-36(42)27-26-34(39-35(41)23-6-3)38(44)48-31-22-14-13-19-28-45-32-40/h32-34H,4-31H2,1-3H3,(H,39,41). The highest BCUT2D eigenvalue weighted by Crippen LogP contribution is 2.21. The molecule has 0 aromatic heterocycles. The molecule has 10 heteroatoms. The van der Waals surface area contributed by atoms with Gasteiger partial charge >= 0.3 is 17.9 Å². The zero-order valence-electron chi connectivity index (χ0n) is 30.7. The first-order chi connectivity index (χ1) is 23.4. The molecule has 0 rings (SSSR count). The van der Waals surface area contributed by atoms with Gasteiger partial charge < -0.3 is 24.3 Å². The van der Waals surface area contributed by atoms with E-state index >= 15 is 0 Å². The van der Waals surface area contributed by atoms with Crippen LogP contribution >= 0.6 is 0 Å². The number of unbranched alkanes of at least 4 members (excludes halogenated alkanes) is 14. The summed E-state index contributed by atoms with van der Waals surface area (Å²) in [5.41, 5.74) is 0. The fourth-order valence-corrected chi connectivity index (χ4v) is 5.44. The normalized spacial score (nSPS) is 12.1. The monoisotopic (exact) mass is 683 g/mol. The van der Waals surface area contributed by atoms with Gasteiger partial charge in [-0.15, -0.1) is 0 Å². The second-order valence-electron chi connectivity index (χ2n) is 12.9. The van der Waals surface area contributed by atoms with Crippen LogP contribution in [0.3, 0.4) is 0 Å². The molecule has 1 N–H and O–H groups in total. The molecule has 2 atom stereocenters. The highest BCUT2D eigenvalue weighted by Gasteiger charge is 2.23. The van der Waals surface area contributed by atoms with Crippen molar-refractivity contribution in [3.05, 3.63) is 0 Å². The third-order valence-electron chi connectivity index (χ3n) is 8.39. The number of carbonyl (C=O) groups is 5. The van der Waals surface area contributed by atoms with E-state index < -0.39 is 18.0 Å². The van der Waals surface area contributed by atoms with Crippen LogP contribution in [0.5, 0.6) is 0 Å². The van der Waals surface area contributed by atoms with Crippen LogP contribution < -0.4 is 5.32 Å². The summed E-state index contributed by atoms with van der Waals surface area (Å²) in [5.74, 6) is -1.25. The first kappa shape index (κ1) is 45.3. The Bertz CT molecular complexity index is 820. The molecule has 0 aliphatic carbocycles. The maximum Gasteiger partial charge on any atom is 0.328 e. The Morgan fingerprint density at radius 3 is 1.56 bits per heavy atom. The lowest BCUT2D eigenvalue weighted by molar-refractivity contribution is -0.150. The molecule has 0 aromatic carbocycles. The summed E-state index contributed by atoms with van der Waals surface area (Å²) in [6.45, 7) is 8.03. The van der Waals surface area contributed by atoms with Crippen molar-refractivity contribution < 1.29 is 42.9 Å². The van der Waals surface area contributed by atoms with E-state index in [1.165, 1.54) is 51.4 Å². The summed E-state index contributed by atoms with van der Waals surface area (Å²) < 4.78 is 21.0. The average molecular weight is 684 g/mol. The number of nitrogens with one attached hydrogen (secondary N) is 1. The van der Waals surface area contributed by atoms with Crippen LogP contribution in [0.1, 0.15) is 175 Å². The summed E-state index contributed by atoms with van der Waals surface area (Å²) in [6, 6.07) is -0.901. The molecule has 280 valence electrons. The molecule has 48 heavy (non-hydrogen) atoms. The van der Waals surface area contributed by atoms with Gasteiger partial charge in [0.05, 0.1) is 32.3 Å². The van der Waals surface area contributed by atoms with Gasteiger partial charge in [-0.25, -0.2) is 4.79 Å². The predicted molar refractivity (Wildman–Crippen MR) is 188 cm³/mol. The number of hydrogen-bond donors (Lipinski definition) is 1. The molecule has 0 radical (unpaired) electrons. The van der Waals surface area contributed by atoms with Gasteiger partial charge in [-0.05, 0) is 77.0 Å². The minimum atomic E-state index is -0.901. The lowest BCUT2D eigenvalue weighted by Crippen LogP contribution is -2.42. The Morgan fingerprint density at radius 2 is 1.00 bits per heavy atom. The maximum atomic E-state index is 12.8. The number of esters is 3. The Labute approximate surface area is 291 Å². The van der Waals surface area contributed by atoms with E-state index in [1.54, 1.807) is 0 Å². The molecule has 0 spiro atoms. The van der Waals surface area contributed by atoms with Gasteiger partial charge in [-0.1, -0.05) is 85.0 Å². The molecule has 0 fully saturated rings. The van der Waals surface area contributed by atoms with E-state index in [9.17, 15) is 24.0 Å². The Kier molecular flexibility index (Phi) is 32.3. The van der Waals surface area contributed by atoms with Gasteiger partial charge in [0.25, 0.3) is 6.47 Å². The van der Waals surface area contributed by atoms with Crippen LogP contribution in [0.4, 0.5) is 0 Å². The van der Waals surface area contributed by atoms with E-state index in [4.69, 9.17) is 14.2 Å². The van der Waals surface area contributed by atoms with Gasteiger partial charge in [0.15, 0.2) is 0 Å². The number of hydrogen-bond acceptors (Lipinski definition) is 9. The summed E-state index contributed by atoms with van der Waals surface area (Å²) in [6.07, 6.45) is 21.2. The van der Waals surface area contributed by atoms with Crippen molar-refractivity contribution in [3.8, 4) is 0 Å². The second kappa shape index (κ2) is 34.2. The fourth-order valence-electron chi connectivity index (χ4n) is 5.44. The SMILES string of the molecule is CCCCCCCCC(CCCCCC)C(=O)OCCCCCCOC(=O)CCC(NC(=O)CCC)C(=O)OCCCCCCOC=O. The van der Waals surface area contributed by atoms with Gasteiger partial charge in [0.2, 0.25) is 5.91 Å². The third kappa shape index (κ3) is 28.4. The van der Waals surface area contributed by atoms with E-state index in [2.05, 4.69) is 23.9 Å². The number of carbonyl (C=O) groups excluding carboxylic acids is 5. The van der Waals surface area contributed by atoms with Crippen molar-refractivity contribution in [1.29, 1.82) is 0 Å². The van der Waals surface area contributed by atoms with Gasteiger partial charge in [0.1, 0.15) is 6.04 Å². The van der Waals surface area contributed by atoms with Crippen LogP contribution in [0.15, 0.2) is 0 Å². The molecule has 0 bridgehead atoms. The van der Waals surface area contributed by atoms with E-state index in [0.717, 1.165) is 64.2 Å². The van der Waals surface area contributed by atoms with Gasteiger partial charge in [-0.3, -0.25) is 19.2 Å². The van der Waals surface area contributed by atoms with E-state index in [1.807, 2.05) is 6.92 Å². The number of ether oxygens (including phenoxy) is 4.